The SMILES string of the molecule is COCCOc1c(F)cc([N+](=O)[O-])cc1Br. The molecule has 1 aromatic rings. The predicted molar refractivity (Wildman–Crippen MR) is 58.1 cm³/mol. The summed E-state index contributed by atoms with van der Waals surface area (Å²) in [6.07, 6.45) is 0. The molecule has 16 heavy (non-hydrogen) atoms. The summed E-state index contributed by atoms with van der Waals surface area (Å²) >= 11 is 3.01. The third-order valence-corrected chi connectivity index (χ3v) is 2.32. The van der Waals surface area contributed by atoms with Gasteiger partial charge in [0.2, 0.25) is 0 Å². The lowest BCUT2D eigenvalue weighted by Crippen LogP contribution is -2.06. The van der Waals surface area contributed by atoms with E-state index >= 15 is 0 Å². The molecule has 0 unspecified atom stereocenters. The highest BCUT2D eigenvalue weighted by atomic mass is 79.9. The summed E-state index contributed by atoms with van der Waals surface area (Å²) in [7, 11) is 1.49. The molecule has 7 heteroatoms. The maximum absolute atomic E-state index is 13.4. The highest BCUT2D eigenvalue weighted by molar-refractivity contribution is 9.10. The summed E-state index contributed by atoms with van der Waals surface area (Å²) in [5, 5.41) is 10.4. The fraction of sp³-hybridized carbons (Fsp3) is 0.333. The lowest BCUT2D eigenvalue weighted by Gasteiger charge is -2.08. The molecule has 0 heterocycles. The molecule has 0 radical (unpaired) electrons. The van der Waals surface area contributed by atoms with Crippen molar-refractivity contribution in [2.24, 2.45) is 0 Å². The molecule has 0 atom stereocenters. The Morgan fingerprint density at radius 2 is 2.19 bits per heavy atom. The van der Waals surface area contributed by atoms with Crippen LogP contribution in [0.1, 0.15) is 0 Å². The van der Waals surface area contributed by atoms with E-state index < -0.39 is 10.7 Å². The number of halogens is 2. The first-order chi connectivity index (χ1) is 7.56. The summed E-state index contributed by atoms with van der Waals surface area (Å²) in [5.74, 6) is -0.833. The van der Waals surface area contributed by atoms with Gasteiger partial charge >= 0.3 is 0 Å². The van der Waals surface area contributed by atoms with E-state index in [0.29, 0.717) is 6.61 Å². The van der Waals surface area contributed by atoms with Crippen molar-refractivity contribution in [1.29, 1.82) is 0 Å². The van der Waals surface area contributed by atoms with Gasteiger partial charge in [-0.15, -0.1) is 0 Å². The summed E-state index contributed by atoms with van der Waals surface area (Å²) in [6, 6.07) is 2.00. The number of nitro benzene ring substituents is 1. The first-order valence-corrected chi connectivity index (χ1v) is 5.10. The van der Waals surface area contributed by atoms with Crippen molar-refractivity contribution in [2.75, 3.05) is 20.3 Å². The van der Waals surface area contributed by atoms with Gasteiger partial charge in [-0.1, -0.05) is 0 Å². The first-order valence-electron chi connectivity index (χ1n) is 4.31. The van der Waals surface area contributed by atoms with E-state index in [1.807, 2.05) is 0 Å². The molecule has 0 aliphatic heterocycles. The van der Waals surface area contributed by atoms with Gasteiger partial charge in [0.25, 0.3) is 5.69 Å². The van der Waals surface area contributed by atoms with Gasteiger partial charge in [0.05, 0.1) is 22.1 Å². The van der Waals surface area contributed by atoms with E-state index in [1.165, 1.54) is 13.2 Å². The molecule has 0 saturated carbocycles. The highest BCUT2D eigenvalue weighted by Gasteiger charge is 2.16. The van der Waals surface area contributed by atoms with Crippen LogP contribution in [0.15, 0.2) is 16.6 Å². The smallest absolute Gasteiger partial charge is 0.273 e. The number of hydrogen-bond donors (Lipinski definition) is 0. The molecule has 0 aliphatic rings. The van der Waals surface area contributed by atoms with Crippen molar-refractivity contribution < 1.29 is 18.8 Å². The minimum atomic E-state index is -0.780. The number of nitrogens with zero attached hydrogens (tertiary/aromatic N) is 1. The Morgan fingerprint density at radius 1 is 1.50 bits per heavy atom. The molecule has 5 nitrogen and oxygen atoms in total. The third kappa shape index (κ3) is 3.14. The molecule has 0 bridgehead atoms. The number of benzene rings is 1. The molecule has 88 valence electrons. The maximum atomic E-state index is 13.4. The Hall–Kier alpha value is -1.21. The highest BCUT2D eigenvalue weighted by Crippen LogP contribution is 2.32. The van der Waals surface area contributed by atoms with Crippen molar-refractivity contribution in [3.8, 4) is 5.75 Å². The van der Waals surface area contributed by atoms with Gasteiger partial charge in [-0.3, -0.25) is 10.1 Å². The third-order valence-electron chi connectivity index (χ3n) is 1.73. The number of non-ortho nitro benzene ring substituents is 1. The van der Waals surface area contributed by atoms with Crippen LogP contribution in [0.5, 0.6) is 5.75 Å². The van der Waals surface area contributed by atoms with Crippen LogP contribution in [0.4, 0.5) is 10.1 Å². The summed E-state index contributed by atoms with van der Waals surface area (Å²) in [5.41, 5.74) is -0.330. The quantitative estimate of drug-likeness (QED) is 0.475. The zero-order valence-corrected chi connectivity index (χ0v) is 9.99. The maximum Gasteiger partial charge on any atom is 0.273 e. The van der Waals surface area contributed by atoms with Gasteiger partial charge in [0.15, 0.2) is 11.6 Å². The van der Waals surface area contributed by atoms with Gasteiger partial charge in [0.1, 0.15) is 6.61 Å². The molecular formula is C9H9BrFNO4. The Kier molecular flexibility index (Phi) is 4.63. The average molecular weight is 294 g/mol. The molecule has 0 N–H and O–H groups in total. The summed E-state index contributed by atoms with van der Waals surface area (Å²) in [4.78, 5) is 9.76. The minimum Gasteiger partial charge on any atom is -0.487 e. The van der Waals surface area contributed by atoms with Crippen LogP contribution < -0.4 is 4.74 Å². The second kappa shape index (κ2) is 5.76. The number of methoxy groups -OCH3 is 1. The Morgan fingerprint density at radius 3 is 2.69 bits per heavy atom. The number of nitro groups is 1. The van der Waals surface area contributed by atoms with Crippen molar-refractivity contribution in [2.45, 2.75) is 0 Å². The van der Waals surface area contributed by atoms with Crippen LogP contribution in [0.2, 0.25) is 0 Å². The zero-order chi connectivity index (χ0) is 12.1. The largest absolute Gasteiger partial charge is 0.487 e. The fourth-order valence-electron chi connectivity index (χ4n) is 1.02. The molecule has 0 amide bonds. The van der Waals surface area contributed by atoms with Crippen LogP contribution in [0.25, 0.3) is 0 Å². The van der Waals surface area contributed by atoms with E-state index in [-0.39, 0.29) is 22.5 Å². The van der Waals surface area contributed by atoms with Gasteiger partial charge in [-0.05, 0) is 15.9 Å². The molecule has 1 rings (SSSR count). The molecule has 0 fully saturated rings. The van der Waals surface area contributed by atoms with Crippen molar-refractivity contribution in [3.63, 3.8) is 0 Å². The van der Waals surface area contributed by atoms with Crippen molar-refractivity contribution >= 4 is 21.6 Å². The van der Waals surface area contributed by atoms with E-state index in [1.54, 1.807) is 0 Å². The lowest BCUT2D eigenvalue weighted by atomic mass is 10.3. The van der Waals surface area contributed by atoms with Gasteiger partial charge in [-0.2, -0.15) is 0 Å². The number of ether oxygens (including phenoxy) is 2. The molecule has 0 saturated heterocycles. The number of rotatable bonds is 5. The fourth-order valence-corrected chi connectivity index (χ4v) is 1.56. The Bertz CT molecular complexity index is 376. The van der Waals surface area contributed by atoms with Crippen LogP contribution in [-0.2, 0) is 4.74 Å². The van der Waals surface area contributed by atoms with Crippen molar-refractivity contribution in [3.05, 3.63) is 32.5 Å². The van der Waals surface area contributed by atoms with E-state index in [0.717, 1.165) is 6.07 Å². The lowest BCUT2D eigenvalue weighted by molar-refractivity contribution is -0.385. The van der Waals surface area contributed by atoms with Gasteiger partial charge < -0.3 is 9.47 Å². The monoisotopic (exact) mass is 293 g/mol. The normalized spacial score (nSPS) is 10.2. The Labute approximate surface area is 99.4 Å². The second-order valence-electron chi connectivity index (χ2n) is 2.84. The average Bonchev–Trinajstić information content (AvgIpc) is 2.21. The first kappa shape index (κ1) is 12.9. The van der Waals surface area contributed by atoms with Gasteiger partial charge in [0, 0.05) is 13.2 Å². The number of hydrogen-bond acceptors (Lipinski definition) is 4. The zero-order valence-electron chi connectivity index (χ0n) is 8.41. The van der Waals surface area contributed by atoms with Crippen LogP contribution in [0, 0.1) is 15.9 Å². The minimum absolute atomic E-state index is 0.0531. The molecule has 1 aromatic carbocycles. The van der Waals surface area contributed by atoms with E-state index in [2.05, 4.69) is 15.9 Å². The second-order valence-corrected chi connectivity index (χ2v) is 3.69. The van der Waals surface area contributed by atoms with Crippen LogP contribution in [0.3, 0.4) is 0 Å². The van der Waals surface area contributed by atoms with E-state index in [4.69, 9.17) is 9.47 Å². The predicted octanol–water partition coefficient (Wildman–Crippen LogP) is 2.52. The topological polar surface area (TPSA) is 61.6 Å². The van der Waals surface area contributed by atoms with E-state index in [9.17, 15) is 14.5 Å². The summed E-state index contributed by atoms with van der Waals surface area (Å²) < 4.78 is 23.4. The molecule has 0 spiro atoms. The molecule has 0 aromatic heterocycles. The molecule has 0 aliphatic carbocycles. The van der Waals surface area contributed by atoms with Gasteiger partial charge in [-0.25, -0.2) is 4.39 Å². The van der Waals surface area contributed by atoms with Crippen LogP contribution >= 0.6 is 15.9 Å². The van der Waals surface area contributed by atoms with Crippen molar-refractivity contribution in [1.82, 2.24) is 0 Å². The van der Waals surface area contributed by atoms with Crippen LogP contribution in [-0.4, -0.2) is 25.2 Å². The standard InChI is InChI=1S/C9H9BrFNO4/c1-15-2-3-16-9-7(10)4-6(12(13)14)5-8(9)11/h4-5H,2-3H2,1H3. The summed E-state index contributed by atoms with van der Waals surface area (Å²) in [6.45, 7) is 0.479. The Balaban J connectivity index is 2.89. The molecular weight excluding hydrogens is 285 g/mol.